The maximum atomic E-state index is 12.0. The SMILES string of the molecule is O=C(O)C1(C(=O)N[C@H]2COc3ccccc32)CC1. The van der Waals surface area contributed by atoms with Crippen LogP contribution in [0.1, 0.15) is 24.4 Å². The van der Waals surface area contributed by atoms with Crippen molar-refractivity contribution in [3.05, 3.63) is 29.8 Å². The smallest absolute Gasteiger partial charge is 0.319 e. The minimum absolute atomic E-state index is 0.245. The van der Waals surface area contributed by atoms with E-state index in [1.165, 1.54) is 0 Å². The molecule has 1 aromatic carbocycles. The predicted octanol–water partition coefficient (Wildman–Crippen LogP) is 1.10. The summed E-state index contributed by atoms with van der Waals surface area (Å²) in [5.74, 6) is -0.685. The summed E-state index contributed by atoms with van der Waals surface area (Å²) in [6.07, 6.45) is 0.840. The van der Waals surface area contributed by atoms with Gasteiger partial charge in [0.15, 0.2) is 0 Å². The molecule has 0 saturated heterocycles. The lowest BCUT2D eigenvalue weighted by atomic mass is 10.0. The zero-order chi connectivity index (χ0) is 12.8. The van der Waals surface area contributed by atoms with E-state index in [0.29, 0.717) is 19.4 Å². The fourth-order valence-electron chi connectivity index (χ4n) is 2.24. The monoisotopic (exact) mass is 247 g/mol. The van der Waals surface area contributed by atoms with Crippen LogP contribution >= 0.6 is 0 Å². The summed E-state index contributed by atoms with van der Waals surface area (Å²) in [6, 6.07) is 7.21. The van der Waals surface area contributed by atoms with Gasteiger partial charge in [-0.15, -0.1) is 0 Å². The van der Waals surface area contributed by atoms with Crippen LogP contribution < -0.4 is 10.1 Å². The molecular formula is C13H13NO4. The maximum Gasteiger partial charge on any atom is 0.319 e. The van der Waals surface area contributed by atoms with E-state index in [1.54, 1.807) is 0 Å². The largest absolute Gasteiger partial charge is 0.491 e. The van der Waals surface area contributed by atoms with E-state index in [-0.39, 0.29) is 6.04 Å². The number of carbonyl (C=O) groups is 2. The van der Waals surface area contributed by atoms with Crippen LogP contribution in [0.15, 0.2) is 24.3 Å². The number of nitrogens with one attached hydrogen (secondary N) is 1. The van der Waals surface area contributed by atoms with Crippen LogP contribution in [-0.4, -0.2) is 23.6 Å². The molecule has 0 spiro atoms. The number of rotatable bonds is 3. The predicted molar refractivity (Wildman–Crippen MR) is 62.1 cm³/mol. The molecule has 1 aromatic rings. The van der Waals surface area contributed by atoms with Crippen molar-refractivity contribution >= 4 is 11.9 Å². The summed E-state index contributed by atoms with van der Waals surface area (Å²) >= 11 is 0. The van der Waals surface area contributed by atoms with Crippen LogP contribution in [0, 0.1) is 5.41 Å². The van der Waals surface area contributed by atoms with Crippen molar-refractivity contribution in [2.75, 3.05) is 6.61 Å². The lowest BCUT2D eigenvalue weighted by Crippen LogP contribution is -2.39. The molecule has 3 rings (SSSR count). The third-order valence-electron chi connectivity index (χ3n) is 3.60. The second-order valence-corrected chi connectivity index (χ2v) is 4.76. The van der Waals surface area contributed by atoms with E-state index < -0.39 is 17.3 Å². The van der Waals surface area contributed by atoms with Gasteiger partial charge in [-0.1, -0.05) is 18.2 Å². The van der Waals surface area contributed by atoms with Gasteiger partial charge in [-0.05, 0) is 18.9 Å². The lowest BCUT2D eigenvalue weighted by molar-refractivity contribution is -0.149. The third kappa shape index (κ3) is 1.54. The molecule has 0 unspecified atom stereocenters. The molecular weight excluding hydrogens is 234 g/mol. The Labute approximate surface area is 104 Å². The van der Waals surface area contributed by atoms with Crippen LogP contribution in [-0.2, 0) is 9.59 Å². The number of amides is 1. The van der Waals surface area contributed by atoms with Gasteiger partial charge in [-0.2, -0.15) is 0 Å². The summed E-state index contributed by atoms with van der Waals surface area (Å²) in [5.41, 5.74) is -0.288. The van der Waals surface area contributed by atoms with Crippen LogP contribution in [0.25, 0.3) is 0 Å². The summed E-state index contributed by atoms with van der Waals surface area (Å²) in [5, 5.41) is 11.8. The quantitative estimate of drug-likeness (QED) is 0.784. The maximum absolute atomic E-state index is 12.0. The number of benzene rings is 1. The Hall–Kier alpha value is -2.04. The molecule has 1 saturated carbocycles. The van der Waals surface area contributed by atoms with E-state index in [9.17, 15) is 9.59 Å². The van der Waals surface area contributed by atoms with Crippen molar-refractivity contribution in [2.24, 2.45) is 5.41 Å². The van der Waals surface area contributed by atoms with Crippen molar-refractivity contribution in [3.8, 4) is 5.75 Å². The van der Waals surface area contributed by atoms with Crippen LogP contribution in [0.3, 0.4) is 0 Å². The Morgan fingerprint density at radius 1 is 1.33 bits per heavy atom. The van der Waals surface area contributed by atoms with Gasteiger partial charge in [0.25, 0.3) is 0 Å². The molecule has 18 heavy (non-hydrogen) atoms. The first-order valence-electron chi connectivity index (χ1n) is 5.89. The molecule has 0 bridgehead atoms. The highest BCUT2D eigenvalue weighted by Crippen LogP contribution is 2.46. The van der Waals surface area contributed by atoms with Crippen molar-refractivity contribution < 1.29 is 19.4 Å². The fourth-order valence-corrected chi connectivity index (χ4v) is 2.24. The second kappa shape index (κ2) is 3.73. The Morgan fingerprint density at radius 2 is 2.06 bits per heavy atom. The first-order chi connectivity index (χ1) is 8.63. The number of ether oxygens (including phenoxy) is 1. The van der Waals surface area contributed by atoms with Crippen LogP contribution in [0.5, 0.6) is 5.75 Å². The number of hydrogen-bond donors (Lipinski definition) is 2. The number of carboxylic acid groups (broad SMARTS) is 1. The van der Waals surface area contributed by atoms with Gasteiger partial charge in [0.05, 0.1) is 6.04 Å². The van der Waals surface area contributed by atoms with Crippen molar-refractivity contribution in [3.63, 3.8) is 0 Å². The van der Waals surface area contributed by atoms with E-state index >= 15 is 0 Å². The average Bonchev–Trinajstić information content (AvgIpc) is 3.09. The molecule has 2 aliphatic rings. The molecule has 5 nitrogen and oxygen atoms in total. The summed E-state index contributed by atoms with van der Waals surface area (Å²) in [7, 11) is 0. The van der Waals surface area contributed by atoms with Gasteiger partial charge >= 0.3 is 5.97 Å². The lowest BCUT2D eigenvalue weighted by Gasteiger charge is -2.15. The first-order valence-corrected chi connectivity index (χ1v) is 5.89. The molecule has 1 atom stereocenters. The Morgan fingerprint density at radius 3 is 2.72 bits per heavy atom. The Bertz CT molecular complexity index is 521. The molecule has 0 aromatic heterocycles. The number of fused-ring (bicyclic) bond motifs is 1. The van der Waals surface area contributed by atoms with Crippen LogP contribution in [0.4, 0.5) is 0 Å². The highest BCUT2D eigenvalue weighted by molar-refractivity contribution is 6.05. The average molecular weight is 247 g/mol. The molecule has 1 fully saturated rings. The zero-order valence-corrected chi connectivity index (χ0v) is 9.68. The Kier molecular flexibility index (Phi) is 2.29. The number of carbonyl (C=O) groups excluding carboxylic acids is 1. The highest BCUT2D eigenvalue weighted by atomic mass is 16.5. The second-order valence-electron chi connectivity index (χ2n) is 4.76. The van der Waals surface area contributed by atoms with Crippen molar-refractivity contribution in [1.82, 2.24) is 5.32 Å². The van der Waals surface area contributed by atoms with E-state index in [4.69, 9.17) is 9.84 Å². The number of hydrogen-bond acceptors (Lipinski definition) is 3. The third-order valence-corrected chi connectivity index (χ3v) is 3.60. The number of aliphatic carboxylic acids is 1. The molecule has 2 N–H and O–H groups in total. The molecule has 1 aliphatic carbocycles. The number of carboxylic acids is 1. The van der Waals surface area contributed by atoms with Gasteiger partial charge in [0.1, 0.15) is 17.8 Å². The molecule has 5 heteroatoms. The van der Waals surface area contributed by atoms with Crippen molar-refractivity contribution in [2.45, 2.75) is 18.9 Å². The van der Waals surface area contributed by atoms with Gasteiger partial charge in [0.2, 0.25) is 5.91 Å². The number of para-hydroxylation sites is 1. The van der Waals surface area contributed by atoms with Gasteiger partial charge in [-0.3, -0.25) is 9.59 Å². The fraction of sp³-hybridized carbons (Fsp3) is 0.385. The Balaban J connectivity index is 1.76. The molecule has 94 valence electrons. The molecule has 1 heterocycles. The van der Waals surface area contributed by atoms with Gasteiger partial charge < -0.3 is 15.2 Å². The van der Waals surface area contributed by atoms with E-state index in [2.05, 4.69) is 5.32 Å². The minimum Gasteiger partial charge on any atom is -0.491 e. The topological polar surface area (TPSA) is 75.6 Å². The summed E-state index contributed by atoms with van der Waals surface area (Å²) < 4.78 is 5.44. The van der Waals surface area contributed by atoms with Crippen molar-refractivity contribution in [1.29, 1.82) is 0 Å². The molecule has 1 aliphatic heterocycles. The summed E-state index contributed by atoms with van der Waals surface area (Å²) in [4.78, 5) is 23.0. The standard InChI is InChI=1S/C13H13NO4/c15-11(13(5-6-13)12(16)17)14-9-7-18-10-4-2-1-3-8(9)10/h1-4,9H,5-7H2,(H,14,15)(H,16,17)/t9-/m0/s1. The zero-order valence-electron chi connectivity index (χ0n) is 9.68. The van der Waals surface area contributed by atoms with Gasteiger partial charge in [-0.25, -0.2) is 0 Å². The van der Waals surface area contributed by atoms with Gasteiger partial charge in [0, 0.05) is 5.56 Å². The normalized spacial score (nSPS) is 22.8. The van der Waals surface area contributed by atoms with E-state index in [1.807, 2.05) is 24.3 Å². The van der Waals surface area contributed by atoms with Crippen LogP contribution in [0.2, 0.25) is 0 Å². The molecule has 0 radical (unpaired) electrons. The summed E-state index contributed by atoms with van der Waals surface area (Å²) in [6.45, 7) is 0.362. The highest BCUT2D eigenvalue weighted by Gasteiger charge is 2.57. The first kappa shape index (κ1) is 11.1. The van der Waals surface area contributed by atoms with E-state index in [0.717, 1.165) is 11.3 Å². The minimum atomic E-state index is -1.20. The molecule has 1 amide bonds.